The van der Waals surface area contributed by atoms with Gasteiger partial charge in [-0.05, 0) is 6.92 Å². The van der Waals surface area contributed by atoms with Crippen LogP contribution in [0.25, 0.3) is 6.20 Å². The minimum Gasteiger partial charge on any atom is -0.396 e. The van der Waals surface area contributed by atoms with Crippen molar-refractivity contribution in [1.29, 1.82) is 0 Å². The molecule has 0 bridgehead atoms. The van der Waals surface area contributed by atoms with Crippen LogP contribution in [-0.4, -0.2) is 70.6 Å². The van der Waals surface area contributed by atoms with Gasteiger partial charge >= 0.3 is 0 Å². The first-order valence-corrected chi connectivity index (χ1v) is 9.25. The highest BCUT2D eigenvalue weighted by molar-refractivity contribution is 7.99. The van der Waals surface area contributed by atoms with Crippen LogP contribution in [0, 0.1) is 11.8 Å². The third-order valence-electron chi connectivity index (χ3n) is 4.05. The Morgan fingerprint density at radius 1 is 1.42 bits per heavy atom. The summed E-state index contributed by atoms with van der Waals surface area (Å²) >= 11 is 1.61. The lowest BCUT2D eigenvalue weighted by Gasteiger charge is -2.28. The van der Waals surface area contributed by atoms with Gasteiger partial charge in [0.05, 0.1) is 13.2 Å². The molecule has 0 radical (unpaired) electrons. The summed E-state index contributed by atoms with van der Waals surface area (Å²) in [7, 11) is 2.01. The van der Waals surface area contributed by atoms with Crippen LogP contribution < -0.4 is 21.1 Å². The number of aliphatic hydroxyl groups is 1. The van der Waals surface area contributed by atoms with Crippen molar-refractivity contribution in [3.05, 3.63) is 10.8 Å². The first kappa shape index (κ1) is 17.1. The number of thioether (sulfide) groups is 1. The average molecular weight is 348 g/mol. The fourth-order valence-corrected chi connectivity index (χ4v) is 3.64. The number of nitrogens with one attached hydrogen (secondary N) is 1. The van der Waals surface area contributed by atoms with Gasteiger partial charge in [-0.25, -0.2) is 4.99 Å². The maximum Gasteiger partial charge on any atom is 0.209 e. The Bertz CT molecular complexity index is 743. The quantitative estimate of drug-likeness (QED) is 0.640. The lowest BCUT2D eigenvalue weighted by atomic mass is 10.4. The van der Waals surface area contributed by atoms with Crippen LogP contribution in [0.1, 0.15) is 6.92 Å². The molecule has 3 rings (SSSR count). The standard InChI is InChI=1S/C16H24N6OS/c1-3-4-7-22-13-12-20(2)16(24-11-10-23)19-14(13)18-15(22)21-8-5-17-6-9-21/h12,16-17,23H,5-11H2,1-2H3. The van der Waals surface area contributed by atoms with Gasteiger partial charge in [0.15, 0.2) is 11.0 Å². The second-order valence-electron chi connectivity index (χ2n) is 5.71. The normalized spacial score (nSPS) is 19.9. The monoisotopic (exact) mass is 348 g/mol. The minimum atomic E-state index is -0.0406. The summed E-state index contributed by atoms with van der Waals surface area (Å²) in [5.74, 6) is 7.73. The number of piperazine rings is 1. The second kappa shape index (κ2) is 7.92. The van der Waals surface area contributed by atoms with Gasteiger partial charge in [0.1, 0.15) is 5.35 Å². The maximum absolute atomic E-state index is 9.06. The van der Waals surface area contributed by atoms with E-state index in [1.165, 1.54) is 0 Å². The topological polar surface area (TPSA) is 68.9 Å². The highest BCUT2D eigenvalue weighted by Crippen LogP contribution is 2.17. The van der Waals surface area contributed by atoms with E-state index >= 15 is 0 Å². The number of nitrogens with zero attached hydrogens (tertiary/aromatic N) is 5. The zero-order chi connectivity index (χ0) is 16.9. The molecule has 3 heterocycles. The van der Waals surface area contributed by atoms with E-state index in [-0.39, 0.29) is 12.1 Å². The number of fused-ring (bicyclic) bond motifs is 1. The van der Waals surface area contributed by atoms with Gasteiger partial charge in [0.2, 0.25) is 5.95 Å². The third kappa shape index (κ3) is 3.53. The van der Waals surface area contributed by atoms with Gasteiger partial charge in [-0.1, -0.05) is 5.92 Å². The summed E-state index contributed by atoms with van der Waals surface area (Å²) in [6, 6.07) is 0. The van der Waals surface area contributed by atoms with Crippen LogP contribution in [0.15, 0.2) is 4.99 Å². The largest absolute Gasteiger partial charge is 0.396 e. The summed E-state index contributed by atoms with van der Waals surface area (Å²) in [4.78, 5) is 14.0. The van der Waals surface area contributed by atoms with Crippen molar-refractivity contribution >= 4 is 23.9 Å². The molecule has 0 amide bonds. The Hall–Kier alpha value is -1.69. The van der Waals surface area contributed by atoms with E-state index in [4.69, 9.17) is 15.1 Å². The number of aliphatic hydroxyl groups excluding tert-OH is 1. The van der Waals surface area contributed by atoms with Gasteiger partial charge < -0.3 is 20.2 Å². The molecule has 0 aliphatic carbocycles. The molecule has 0 spiro atoms. The molecule has 1 unspecified atom stereocenters. The Labute approximate surface area is 146 Å². The highest BCUT2D eigenvalue weighted by atomic mass is 32.2. The fraction of sp³-hybridized carbons (Fsp3) is 0.625. The SMILES string of the molecule is CC#CCn1c(N2CCNCC2)nc2c1=CN(C)C(SCCO)N=2. The number of anilines is 1. The molecule has 2 aliphatic rings. The Morgan fingerprint density at radius 3 is 2.92 bits per heavy atom. The zero-order valence-corrected chi connectivity index (χ0v) is 15.0. The molecule has 0 aromatic carbocycles. The lowest BCUT2D eigenvalue weighted by Crippen LogP contribution is -2.45. The molecular weight excluding hydrogens is 324 g/mol. The first-order chi connectivity index (χ1) is 11.7. The molecule has 1 aromatic rings. The second-order valence-corrected chi connectivity index (χ2v) is 6.88. The number of hydrogen-bond acceptors (Lipinski definition) is 7. The van der Waals surface area contributed by atoms with Crippen molar-refractivity contribution in [2.45, 2.75) is 19.0 Å². The van der Waals surface area contributed by atoms with E-state index in [9.17, 15) is 0 Å². The van der Waals surface area contributed by atoms with Crippen LogP contribution >= 0.6 is 11.8 Å². The average Bonchev–Trinajstić information content (AvgIpc) is 2.96. The van der Waals surface area contributed by atoms with Crippen molar-refractivity contribution < 1.29 is 5.11 Å². The molecule has 1 aromatic heterocycles. The number of imidazole rings is 1. The van der Waals surface area contributed by atoms with E-state index in [1.54, 1.807) is 11.8 Å². The van der Waals surface area contributed by atoms with Gasteiger partial charge in [-0.3, -0.25) is 4.57 Å². The van der Waals surface area contributed by atoms with E-state index < -0.39 is 0 Å². The molecule has 1 atom stereocenters. The third-order valence-corrected chi connectivity index (χ3v) is 5.20. The minimum absolute atomic E-state index is 0.0406. The molecule has 2 N–H and O–H groups in total. The number of aromatic nitrogens is 2. The molecule has 0 saturated carbocycles. The highest BCUT2D eigenvalue weighted by Gasteiger charge is 2.22. The molecular formula is C16H24N6OS. The van der Waals surface area contributed by atoms with E-state index in [0.717, 1.165) is 43.0 Å². The summed E-state index contributed by atoms with van der Waals surface area (Å²) in [5.41, 5.74) is 0.733. The van der Waals surface area contributed by atoms with E-state index in [2.05, 4.69) is 37.7 Å². The van der Waals surface area contributed by atoms with E-state index in [1.807, 2.05) is 14.0 Å². The predicted octanol–water partition coefficient (Wildman–Crippen LogP) is -1.37. The Morgan fingerprint density at radius 2 is 2.21 bits per heavy atom. The zero-order valence-electron chi connectivity index (χ0n) is 14.2. The van der Waals surface area contributed by atoms with Gasteiger partial charge in [0, 0.05) is 45.2 Å². The van der Waals surface area contributed by atoms with Crippen molar-refractivity contribution in [3.63, 3.8) is 0 Å². The predicted molar refractivity (Wildman–Crippen MR) is 97.1 cm³/mol. The van der Waals surface area contributed by atoms with E-state index in [0.29, 0.717) is 12.3 Å². The van der Waals surface area contributed by atoms with Crippen LogP contribution in [-0.2, 0) is 6.54 Å². The van der Waals surface area contributed by atoms with Crippen molar-refractivity contribution in [1.82, 2.24) is 19.8 Å². The summed E-state index contributed by atoms with van der Waals surface area (Å²) in [6.07, 6.45) is 2.09. The van der Waals surface area contributed by atoms with Crippen LogP contribution in [0.4, 0.5) is 5.95 Å². The van der Waals surface area contributed by atoms with Crippen molar-refractivity contribution in [2.24, 2.45) is 4.99 Å². The Kier molecular flexibility index (Phi) is 5.66. The van der Waals surface area contributed by atoms with Gasteiger partial charge in [-0.15, -0.1) is 17.7 Å². The first-order valence-electron chi connectivity index (χ1n) is 8.20. The summed E-state index contributed by atoms with van der Waals surface area (Å²) in [5, 5.41) is 13.4. The molecule has 8 heteroatoms. The summed E-state index contributed by atoms with van der Waals surface area (Å²) in [6.45, 7) is 6.44. The van der Waals surface area contributed by atoms with Crippen molar-refractivity contribution in [2.75, 3.05) is 50.5 Å². The van der Waals surface area contributed by atoms with Crippen LogP contribution in [0.5, 0.6) is 0 Å². The molecule has 7 nitrogen and oxygen atoms in total. The van der Waals surface area contributed by atoms with Gasteiger partial charge in [-0.2, -0.15) is 4.98 Å². The fourth-order valence-electron chi connectivity index (χ4n) is 2.85. The maximum atomic E-state index is 9.06. The summed E-state index contributed by atoms with van der Waals surface area (Å²) < 4.78 is 2.16. The molecule has 24 heavy (non-hydrogen) atoms. The lowest BCUT2D eigenvalue weighted by molar-refractivity contribution is 0.321. The Balaban J connectivity index is 2.01. The number of rotatable bonds is 5. The molecule has 1 fully saturated rings. The smallest absolute Gasteiger partial charge is 0.209 e. The van der Waals surface area contributed by atoms with Gasteiger partial charge in [0.25, 0.3) is 0 Å². The molecule has 130 valence electrons. The van der Waals surface area contributed by atoms with Crippen LogP contribution in [0.3, 0.4) is 0 Å². The van der Waals surface area contributed by atoms with Crippen LogP contribution in [0.2, 0.25) is 0 Å². The molecule has 1 saturated heterocycles. The van der Waals surface area contributed by atoms with Crippen molar-refractivity contribution in [3.8, 4) is 11.8 Å². The molecule has 2 aliphatic heterocycles. The number of hydrogen-bond donors (Lipinski definition) is 2.